The van der Waals surface area contributed by atoms with E-state index in [0.717, 1.165) is 31.4 Å². The Morgan fingerprint density at radius 1 is 1.32 bits per heavy atom. The summed E-state index contributed by atoms with van der Waals surface area (Å²) < 4.78 is 21.9. The van der Waals surface area contributed by atoms with E-state index in [1.54, 1.807) is 6.92 Å². The van der Waals surface area contributed by atoms with Crippen LogP contribution in [0.25, 0.3) is 0 Å². The Bertz CT molecular complexity index is 750. The van der Waals surface area contributed by atoms with Gasteiger partial charge in [0.2, 0.25) is 0 Å². The van der Waals surface area contributed by atoms with Gasteiger partial charge < -0.3 is 18.9 Å². The minimum atomic E-state index is -0.575. The van der Waals surface area contributed by atoms with Gasteiger partial charge in [0.25, 0.3) is 0 Å². The molecule has 0 N–H and O–H groups in total. The minimum absolute atomic E-state index is 0.00446. The van der Waals surface area contributed by atoms with E-state index < -0.39 is 17.5 Å². The number of epoxide rings is 1. The van der Waals surface area contributed by atoms with Crippen molar-refractivity contribution in [2.24, 2.45) is 17.3 Å². The molecular formula is C21H26O7. The second-order valence-corrected chi connectivity index (χ2v) is 8.52. The molecule has 4 rings (SSSR count). The standard InChI is InChI=1S/C21H26O7/c1-4-25-17(22)5-6-18(23)28-16-7-8-20(3)10-14-13(12(2)19(24)27-14)9-15(20)21(16)11-26-21/h5-6,13-16H,2,4,7-11H2,1,3H3/b6-5+/t13-,14-,15-,16-,20-,21+/m1/s1. The Morgan fingerprint density at radius 3 is 2.71 bits per heavy atom. The van der Waals surface area contributed by atoms with E-state index in [1.807, 2.05) is 0 Å². The lowest BCUT2D eigenvalue weighted by Crippen LogP contribution is -2.56. The zero-order valence-electron chi connectivity index (χ0n) is 16.3. The maximum atomic E-state index is 12.2. The normalized spacial score (nSPS) is 41.4. The molecule has 28 heavy (non-hydrogen) atoms. The quantitative estimate of drug-likeness (QED) is 0.314. The molecule has 0 aromatic carbocycles. The molecule has 2 saturated carbocycles. The third-order valence-electron chi connectivity index (χ3n) is 6.91. The highest BCUT2D eigenvalue weighted by Gasteiger charge is 2.69. The van der Waals surface area contributed by atoms with E-state index in [1.165, 1.54) is 0 Å². The molecule has 0 aromatic rings. The maximum absolute atomic E-state index is 12.2. The van der Waals surface area contributed by atoms with Crippen LogP contribution in [-0.2, 0) is 33.3 Å². The van der Waals surface area contributed by atoms with Gasteiger partial charge in [-0.25, -0.2) is 14.4 Å². The lowest BCUT2D eigenvalue weighted by Gasteiger charge is -2.53. The molecule has 2 aliphatic heterocycles. The van der Waals surface area contributed by atoms with E-state index >= 15 is 0 Å². The van der Waals surface area contributed by atoms with Crippen molar-refractivity contribution in [1.82, 2.24) is 0 Å². The lowest BCUT2D eigenvalue weighted by atomic mass is 9.53. The first-order chi connectivity index (χ1) is 13.3. The first-order valence-electron chi connectivity index (χ1n) is 9.88. The number of ether oxygens (including phenoxy) is 4. The smallest absolute Gasteiger partial charge is 0.334 e. The van der Waals surface area contributed by atoms with Crippen LogP contribution < -0.4 is 0 Å². The molecule has 152 valence electrons. The van der Waals surface area contributed by atoms with Crippen LogP contribution in [0.5, 0.6) is 0 Å². The van der Waals surface area contributed by atoms with Gasteiger partial charge in [0, 0.05) is 29.6 Å². The first kappa shape index (κ1) is 19.2. The van der Waals surface area contributed by atoms with Crippen LogP contribution in [0.4, 0.5) is 0 Å². The third-order valence-corrected chi connectivity index (χ3v) is 6.91. The number of fused-ring (bicyclic) bond motifs is 3. The topological polar surface area (TPSA) is 91.4 Å². The fourth-order valence-corrected chi connectivity index (χ4v) is 5.42. The van der Waals surface area contributed by atoms with Gasteiger partial charge in [-0.2, -0.15) is 0 Å². The van der Waals surface area contributed by atoms with Gasteiger partial charge in [-0.15, -0.1) is 0 Å². The van der Waals surface area contributed by atoms with Crippen molar-refractivity contribution >= 4 is 17.9 Å². The third kappa shape index (κ3) is 3.05. The summed E-state index contributed by atoms with van der Waals surface area (Å²) in [7, 11) is 0. The number of hydrogen-bond acceptors (Lipinski definition) is 7. The molecule has 0 aromatic heterocycles. The Morgan fingerprint density at radius 2 is 2.04 bits per heavy atom. The molecule has 1 spiro atoms. The summed E-state index contributed by atoms with van der Waals surface area (Å²) in [6.07, 6.45) is 4.77. The van der Waals surface area contributed by atoms with Gasteiger partial charge in [-0.05, 0) is 38.0 Å². The predicted octanol–water partition coefficient (Wildman–Crippen LogP) is 2.09. The summed E-state index contributed by atoms with van der Waals surface area (Å²) in [5.41, 5.74) is -0.0110. The molecule has 7 heteroatoms. The minimum Gasteiger partial charge on any atom is -0.463 e. The number of esters is 3. The fourth-order valence-electron chi connectivity index (χ4n) is 5.42. The van der Waals surface area contributed by atoms with Crippen molar-refractivity contribution in [1.29, 1.82) is 0 Å². The molecular weight excluding hydrogens is 364 g/mol. The highest BCUT2D eigenvalue weighted by atomic mass is 16.6. The van der Waals surface area contributed by atoms with E-state index in [9.17, 15) is 14.4 Å². The Balaban J connectivity index is 1.47. The van der Waals surface area contributed by atoms with Gasteiger partial charge in [-0.1, -0.05) is 13.5 Å². The molecule has 0 amide bonds. The average Bonchev–Trinajstić information content (AvgIpc) is 3.38. The summed E-state index contributed by atoms with van der Waals surface area (Å²) in [4.78, 5) is 35.5. The van der Waals surface area contributed by atoms with Crippen LogP contribution >= 0.6 is 0 Å². The second kappa shape index (κ2) is 6.72. The van der Waals surface area contributed by atoms with E-state index in [0.29, 0.717) is 18.6 Å². The Hall–Kier alpha value is -2.15. The fraction of sp³-hybridized carbons (Fsp3) is 0.667. The Labute approximate surface area is 164 Å². The van der Waals surface area contributed by atoms with Crippen molar-refractivity contribution in [3.05, 3.63) is 24.3 Å². The predicted molar refractivity (Wildman–Crippen MR) is 96.9 cm³/mol. The molecule has 6 atom stereocenters. The number of carbonyl (C=O) groups is 3. The lowest BCUT2D eigenvalue weighted by molar-refractivity contribution is -0.165. The molecule has 4 aliphatic rings. The van der Waals surface area contributed by atoms with Crippen molar-refractivity contribution in [3.8, 4) is 0 Å². The highest BCUT2D eigenvalue weighted by molar-refractivity contribution is 5.92. The zero-order chi connectivity index (χ0) is 20.1. The SMILES string of the molecule is C=C1C(=O)O[C@@H]2C[C@@]3(C)CC[C@@H](OC(=O)/C=C/C(=O)OCC)[C@]4(CO4)[C@@H]3C[C@H]12. The molecule has 4 fully saturated rings. The number of rotatable bonds is 4. The van der Waals surface area contributed by atoms with Crippen molar-refractivity contribution in [2.45, 2.75) is 57.3 Å². The number of hydrogen-bond donors (Lipinski definition) is 0. The maximum Gasteiger partial charge on any atom is 0.334 e. The van der Waals surface area contributed by atoms with Crippen molar-refractivity contribution in [2.75, 3.05) is 13.2 Å². The molecule has 0 radical (unpaired) electrons. The monoisotopic (exact) mass is 390 g/mol. The molecule has 7 nitrogen and oxygen atoms in total. The molecule has 2 saturated heterocycles. The van der Waals surface area contributed by atoms with Gasteiger partial charge >= 0.3 is 17.9 Å². The highest BCUT2D eigenvalue weighted by Crippen LogP contribution is 2.63. The molecule has 0 bridgehead atoms. The van der Waals surface area contributed by atoms with Crippen molar-refractivity contribution < 1.29 is 33.3 Å². The van der Waals surface area contributed by atoms with Crippen LogP contribution in [0.3, 0.4) is 0 Å². The van der Waals surface area contributed by atoms with E-state index in [4.69, 9.17) is 18.9 Å². The van der Waals surface area contributed by atoms with E-state index in [-0.39, 0.29) is 42.0 Å². The van der Waals surface area contributed by atoms with Crippen LogP contribution in [0.15, 0.2) is 24.3 Å². The summed E-state index contributed by atoms with van der Waals surface area (Å²) in [5, 5.41) is 0. The van der Waals surface area contributed by atoms with Crippen LogP contribution in [0.1, 0.15) is 39.5 Å². The Kier molecular flexibility index (Phi) is 4.61. The van der Waals surface area contributed by atoms with E-state index in [2.05, 4.69) is 13.5 Å². The van der Waals surface area contributed by atoms with Gasteiger partial charge in [0.05, 0.1) is 13.2 Å². The molecule has 2 aliphatic carbocycles. The first-order valence-corrected chi connectivity index (χ1v) is 9.88. The van der Waals surface area contributed by atoms with Crippen LogP contribution in [0, 0.1) is 17.3 Å². The molecule has 0 unspecified atom stereocenters. The summed E-state index contributed by atoms with van der Waals surface area (Å²) >= 11 is 0. The summed E-state index contributed by atoms with van der Waals surface area (Å²) in [6.45, 7) is 8.61. The summed E-state index contributed by atoms with van der Waals surface area (Å²) in [6, 6.07) is 0. The average molecular weight is 390 g/mol. The second-order valence-electron chi connectivity index (χ2n) is 8.52. The zero-order valence-corrected chi connectivity index (χ0v) is 16.3. The molecule has 2 heterocycles. The van der Waals surface area contributed by atoms with Gasteiger partial charge in [-0.3, -0.25) is 0 Å². The van der Waals surface area contributed by atoms with Crippen LogP contribution in [0.2, 0.25) is 0 Å². The van der Waals surface area contributed by atoms with Crippen molar-refractivity contribution in [3.63, 3.8) is 0 Å². The van der Waals surface area contributed by atoms with Crippen LogP contribution in [-0.4, -0.2) is 48.9 Å². The number of carbonyl (C=O) groups excluding carboxylic acids is 3. The summed E-state index contributed by atoms with van der Waals surface area (Å²) in [5.74, 6) is -1.28. The largest absolute Gasteiger partial charge is 0.463 e. The van der Waals surface area contributed by atoms with Gasteiger partial charge in [0.1, 0.15) is 17.8 Å². The van der Waals surface area contributed by atoms with Gasteiger partial charge in [0.15, 0.2) is 0 Å².